The zero-order valence-corrected chi connectivity index (χ0v) is 8.45. The van der Waals surface area contributed by atoms with Crippen LogP contribution < -0.4 is 10.1 Å². The maximum absolute atomic E-state index is 12.0. The quantitative estimate of drug-likeness (QED) is 0.798. The van der Waals surface area contributed by atoms with Crippen LogP contribution >= 0.6 is 0 Å². The van der Waals surface area contributed by atoms with Gasteiger partial charge in [-0.15, -0.1) is 0 Å². The summed E-state index contributed by atoms with van der Waals surface area (Å²) in [5, 5.41) is 3.03. The molecule has 86 valence electrons. The third-order valence-corrected chi connectivity index (χ3v) is 2.57. The molecule has 1 aliphatic heterocycles. The van der Waals surface area contributed by atoms with Crippen LogP contribution in [0.3, 0.4) is 0 Å². The summed E-state index contributed by atoms with van der Waals surface area (Å²) in [6.45, 7) is -2.16. The van der Waals surface area contributed by atoms with Crippen molar-refractivity contribution >= 4 is 6.29 Å². The molecule has 0 radical (unpaired) electrons. The molecule has 1 aliphatic rings. The highest BCUT2D eigenvalue weighted by atomic mass is 19.3. The summed E-state index contributed by atoms with van der Waals surface area (Å²) in [5.41, 5.74) is 1.72. The van der Waals surface area contributed by atoms with E-state index in [2.05, 4.69) is 10.1 Å². The number of carbonyl (C=O) groups excluding carboxylic acids is 1. The summed E-state index contributed by atoms with van der Waals surface area (Å²) in [4.78, 5) is 10.8. The largest absolute Gasteiger partial charge is 0.435 e. The Balaban J connectivity index is 2.28. The minimum atomic E-state index is -2.82. The number of halogens is 2. The Morgan fingerprint density at radius 3 is 3.00 bits per heavy atom. The van der Waals surface area contributed by atoms with Crippen molar-refractivity contribution in [3.05, 3.63) is 29.3 Å². The van der Waals surface area contributed by atoms with Crippen LogP contribution in [0.15, 0.2) is 18.2 Å². The first-order valence-corrected chi connectivity index (χ1v) is 4.97. The van der Waals surface area contributed by atoms with Crippen LogP contribution in [0, 0.1) is 0 Å². The van der Waals surface area contributed by atoms with Gasteiger partial charge >= 0.3 is 6.61 Å². The molecule has 2 rings (SSSR count). The average Bonchev–Trinajstić information content (AvgIpc) is 2.27. The van der Waals surface area contributed by atoms with Crippen LogP contribution in [0.25, 0.3) is 0 Å². The number of hydrogen-bond donors (Lipinski definition) is 1. The smallest absolute Gasteiger partial charge is 0.387 e. The normalized spacial score (nSPS) is 19.3. The topological polar surface area (TPSA) is 38.3 Å². The van der Waals surface area contributed by atoms with E-state index in [0.29, 0.717) is 13.0 Å². The van der Waals surface area contributed by atoms with E-state index in [4.69, 9.17) is 0 Å². The molecular formula is C11H11F2NO2. The van der Waals surface area contributed by atoms with Crippen LogP contribution in [0.2, 0.25) is 0 Å². The SMILES string of the molecule is O=CC1NCCc2cc(OC(F)F)ccc21. The third kappa shape index (κ3) is 2.19. The fraction of sp³-hybridized carbons (Fsp3) is 0.364. The molecule has 0 amide bonds. The Kier molecular flexibility index (Phi) is 3.14. The highest BCUT2D eigenvalue weighted by Gasteiger charge is 2.19. The van der Waals surface area contributed by atoms with Crippen molar-refractivity contribution in [3.8, 4) is 5.75 Å². The minimum absolute atomic E-state index is 0.139. The van der Waals surface area contributed by atoms with Crippen molar-refractivity contribution in [1.82, 2.24) is 5.32 Å². The van der Waals surface area contributed by atoms with Gasteiger partial charge in [0, 0.05) is 6.54 Å². The van der Waals surface area contributed by atoms with E-state index in [1.165, 1.54) is 6.07 Å². The molecule has 0 spiro atoms. The van der Waals surface area contributed by atoms with Gasteiger partial charge in [-0.25, -0.2) is 0 Å². The Morgan fingerprint density at radius 1 is 1.50 bits per heavy atom. The van der Waals surface area contributed by atoms with Gasteiger partial charge in [0.05, 0.1) is 6.04 Å². The Labute approximate surface area is 91.4 Å². The van der Waals surface area contributed by atoms with Crippen molar-refractivity contribution in [2.45, 2.75) is 19.1 Å². The predicted molar refractivity (Wildman–Crippen MR) is 53.6 cm³/mol. The first-order chi connectivity index (χ1) is 7.70. The molecule has 0 saturated heterocycles. The third-order valence-electron chi connectivity index (χ3n) is 2.57. The lowest BCUT2D eigenvalue weighted by Crippen LogP contribution is -2.30. The van der Waals surface area contributed by atoms with Crippen molar-refractivity contribution in [3.63, 3.8) is 0 Å². The summed E-state index contributed by atoms with van der Waals surface area (Å²) in [7, 11) is 0. The molecule has 1 unspecified atom stereocenters. The van der Waals surface area contributed by atoms with E-state index < -0.39 is 6.61 Å². The number of rotatable bonds is 3. The molecular weight excluding hydrogens is 216 g/mol. The van der Waals surface area contributed by atoms with Crippen LogP contribution in [-0.4, -0.2) is 19.4 Å². The van der Waals surface area contributed by atoms with E-state index in [9.17, 15) is 13.6 Å². The van der Waals surface area contributed by atoms with Crippen molar-refractivity contribution < 1.29 is 18.3 Å². The molecule has 5 heteroatoms. The fourth-order valence-electron chi connectivity index (χ4n) is 1.87. The number of alkyl halides is 2. The zero-order chi connectivity index (χ0) is 11.5. The molecule has 0 fully saturated rings. The van der Waals surface area contributed by atoms with Crippen LogP contribution in [0.4, 0.5) is 8.78 Å². The summed E-state index contributed by atoms with van der Waals surface area (Å²) >= 11 is 0. The van der Waals surface area contributed by atoms with Gasteiger partial charge < -0.3 is 14.8 Å². The minimum Gasteiger partial charge on any atom is -0.435 e. The average molecular weight is 227 g/mol. The van der Waals surface area contributed by atoms with Crippen molar-refractivity contribution in [1.29, 1.82) is 0 Å². The van der Waals surface area contributed by atoms with Gasteiger partial charge in [-0.1, -0.05) is 6.07 Å². The summed E-state index contributed by atoms with van der Waals surface area (Å²) < 4.78 is 28.3. The van der Waals surface area contributed by atoms with Crippen LogP contribution in [0.5, 0.6) is 5.75 Å². The number of benzene rings is 1. The van der Waals surface area contributed by atoms with E-state index in [-0.39, 0.29) is 11.8 Å². The summed E-state index contributed by atoms with van der Waals surface area (Å²) in [5.74, 6) is 0.139. The number of ether oxygens (including phenoxy) is 1. The second kappa shape index (κ2) is 4.57. The van der Waals surface area contributed by atoms with Crippen molar-refractivity contribution in [2.75, 3.05) is 6.54 Å². The maximum Gasteiger partial charge on any atom is 0.387 e. The number of carbonyl (C=O) groups is 1. The first kappa shape index (κ1) is 11.0. The lowest BCUT2D eigenvalue weighted by molar-refractivity contribution is -0.109. The molecule has 1 aromatic carbocycles. The summed E-state index contributed by atoms with van der Waals surface area (Å²) in [6, 6.07) is 4.33. The van der Waals surface area contributed by atoms with Crippen LogP contribution in [0.1, 0.15) is 17.2 Å². The number of fused-ring (bicyclic) bond motifs is 1. The molecule has 16 heavy (non-hydrogen) atoms. The molecule has 1 heterocycles. The maximum atomic E-state index is 12.0. The number of nitrogens with one attached hydrogen (secondary N) is 1. The lowest BCUT2D eigenvalue weighted by atomic mass is 9.95. The van der Waals surface area contributed by atoms with E-state index in [1.54, 1.807) is 12.1 Å². The molecule has 0 bridgehead atoms. The molecule has 1 aromatic rings. The van der Waals surface area contributed by atoms with Gasteiger partial charge in [-0.2, -0.15) is 8.78 Å². The van der Waals surface area contributed by atoms with Crippen LogP contribution in [-0.2, 0) is 11.2 Å². The second-order valence-corrected chi connectivity index (χ2v) is 3.56. The van der Waals surface area contributed by atoms with Gasteiger partial charge in [0.25, 0.3) is 0 Å². The molecule has 0 aliphatic carbocycles. The standard InChI is InChI=1S/C11H11F2NO2/c12-11(13)16-8-1-2-9-7(5-8)3-4-14-10(9)6-15/h1-2,5-6,10-11,14H,3-4H2. The Morgan fingerprint density at radius 2 is 2.31 bits per heavy atom. The number of aldehydes is 1. The molecule has 3 nitrogen and oxygen atoms in total. The van der Waals surface area contributed by atoms with Gasteiger partial charge in [-0.3, -0.25) is 0 Å². The van der Waals surface area contributed by atoms with Gasteiger partial charge in [0.15, 0.2) is 0 Å². The van der Waals surface area contributed by atoms with Gasteiger partial charge in [-0.05, 0) is 29.7 Å². The van der Waals surface area contributed by atoms with E-state index in [0.717, 1.165) is 17.4 Å². The molecule has 0 saturated carbocycles. The predicted octanol–water partition coefficient (Wildman–Crippen LogP) is 1.67. The van der Waals surface area contributed by atoms with E-state index in [1.807, 2.05) is 0 Å². The Bertz CT molecular complexity index is 396. The van der Waals surface area contributed by atoms with Gasteiger partial charge in [0.2, 0.25) is 0 Å². The van der Waals surface area contributed by atoms with Crippen molar-refractivity contribution in [2.24, 2.45) is 0 Å². The first-order valence-electron chi connectivity index (χ1n) is 4.97. The number of hydrogen-bond acceptors (Lipinski definition) is 3. The fourth-order valence-corrected chi connectivity index (χ4v) is 1.87. The zero-order valence-electron chi connectivity index (χ0n) is 8.45. The highest BCUT2D eigenvalue weighted by Crippen LogP contribution is 2.26. The second-order valence-electron chi connectivity index (χ2n) is 3.56. The monoisotopic (exact) mass is 227 g/mol. The van der Waals surface area contributed by atoms with Gasteiger partial charge in [0.1, 0.15) is 12.0 Å². The molecule has 1 N–H and O–H groups in total. The molecule has 1 atom stereocenters. The molecule has 0 aromatic heterocycles. The summed E-state index contributed by atoms with van der Waals surface area (Å²) in [6.07, 6.45) is 1.52. The Hall–Kier alpha value is -1.49. The van der Waals surface area contributed by atoms with E-state index >= 15 is 0 Å². The lowest BCUT2D eigenvalue weighted by Gasteiger charge is -2.23. The highest BCUT2D eigenvalue weighted by molar-refractivity contribution is 5.63.